The van der Waals surface area contributed by atoms with E-state index in [4.69, 9.17) is 0 Å². The molecule has 20 heavy (non-hydrogen) atoms. The number of benzene rings is 1. The molecule has 0 saturated heterocycles. The molecule has 0 aliphatic heterocycles. The Kier molecular flexibility index (Phi) is 4.96. The van der Waals surface area contributed by atoms with E-state index in [1.54, 1.807) is 0 Å². The summed E-state index contributed by atoms with van der Waals surface area (Å²) in [5.74, 6) is 0.467. The molecule has 1 heterocycles. The maximum Gasteiger partial charge on any atom is 0.0654 e. The molecule has 0 fully saturated rings. The first-order valence-corrected chi connectivity index (χ1v) is 7.48. The lowest BCUT2D eigenvalue weighted by Gasteiger charge is -2.10. The van der Waals surface area contributed by atoms with Gasteiger partial charge in [-0.25, -0.2) is 4.68 Å². The van der Waals surface area contributed by atoms with E-state index in [0.29, 0.717) is 5.92 Å². The molecule has 0 radical (unpaired) electrons. The Morgan fingerprint density at radius 2 is 2.05 bits per heavy atom. The van der Waals surface area contributed by atoms with Crippen LogP contribution >= 0.6 is 0 Å². The summed E-state index contributed by atoms with van der Waals surface area (Å²) in [6.45, 7) is 10.7. The Hall–Kier alpha value is -1.61. The van der Waals surface area contributed by atoms with E-state index in [1.165, 1.54) is 17.5 Å². The molecule has 2 rings (SSSR count). The molecular weight excluding hydrogens is 246 g/mol. The van der Waals surface area contributed by atoms with Gasteiger partial charge in [0.25, 0.3) is 0 Å². The van der Waals surface area contributed by atoms with Gasteiger partial charge < -0.3 is 5.32 Å². The molecule has 0 atom stereocenters. The minimum absolute atomic E-state index is 0.467. The maximum atomic E-state index is 4.63. The van der Waals surface area contributed by atoms with Crippen LogP contribution in [0.25, 0.3) is 5.69 Å². The lowest BCUT2D eigenvalue weighted by Crippen LogP contribution is -2.14. The molecule has 0 amide bonds. The predicted octanol–water partition coefficient (Wildman–Crippen LogP) is 3.80. The number of hydrogen-bond donors (Lipinski definition) is 1. The molecule has 0 aliphatic rings. The van der Waals surface area contributed by atoms with Gasteiger partial charge in [-0.3, -0.25) is 0 Å². The summed E-state index contributed by atoms with van der Waals surface area (Å²) in [7, 11) is 0. The van der Waals surface area contributed by atoms with Gasteiger partial charge >= 0.3 is 0 Å². The highest BCUT2D eigenvalue weighted by atomic mass is 15.3. The van der Waals surface area contributed by atoms with Crippen molar-refractivity contribution in [2.24, 2.45) is 0 Å². The summed E-state index contributed by atoms with van der Waals surface area (Å²) in [5, 5.41) is 8.08. The minimum Gasteiger partial charge on any atom is -0.313 e. The second-order valence-corrected chi connectivity index (χ2v) is 5.63. The number of aromatic nitrogens is 2. The van der Waals surface area contributed by atoms with Crippen molar-refractivity contribution in [1.29, 1.82) is 0 Å². The number of nitrogens with one attached hydrogen (secondary N) is 1. The van der Waals surface area contributed by atoms with E-state index in [1.807, 2.05) is 10.9 Å². The van der Waals surface area contributed by atoms with Crippen molar-refractivity contribution in [3.8, 4) is 5.69 Å². The van der Waals surface area contributed by atoms with Gasteiger partial charge in [-0.15, -0.1) is 0 Å². The van der Waals surface area contributed by atoms with Crippen molar-refractivity contribution in [2.75, 3.05) is 6.54 Å². The van der Waals surface area contributed by atoms with Crippen molar-refractivity contribution >= 4 is 0 Å². The third-order valence-corrected chi connectivity index (χ3v) is 3.53. The molecule has 2 aromatic rings. The topological polar surface area (TPSA) is 29.9 Å². The number of nitrogens with zero attached hydrogens (tertiary/aromatic N) is 2. The molecular formula is C17H25N3. The molecule has 0 bridgehead atoms. The fourth-order valence-corrected chi connectivity index (χ4v) is 2.21. The largest absolute Gasteiger partial charge is 0.313 e. The molecule has 1 N–H and O–H groups in total. The first-order valence-electron chi connectivity index (χ1n) is 7.48. The normalized spacial score (nSPS) is 11.2. The second-order valence-electron chi connectivity index (χ2n) is 5.63. The molecule has 0 saturated carbocycles. The molecule has 108 valence electrons. The zero-order chi connectivity index (χ0) is 14.5. The standard InChI is InChI=1S/C17H25N3/c1-5-9-18-12-15-6-7-16(11-14(15)4)20-10-8-17(19-20)13(2)3/h6-8,10-11,13,18H,5,9,12H2,1-4H3. The van der Waals surface area contributed by atoms with Crippen LogP contribution in [0.15, 0.2) is 30.5 Å². The van der Waals surface area contributed by atoms with Gasteiger partial charge in [0.2, 0.25) is 0 Å². The van der Waals surface area contributed by atoms with Crippen LogP contribution in [0, 0.1) is 6.92 Å². The summed E-state index contributed by atoms with van der Waals surface area (Å²) >= 11 is 0. The Balaban J connectivity index is 2.15. The van der Waals surface area contributed by atoms with Crippen LogP contribution in [-0.4, -0.2) is 16.3 Å². The van der Waals surface area contributed by atoms with Crippen LogP contribution in [0.3, 0.4) is 0 Å². The van der Waals surface area contributed by atoms with E-state index in [2.05, 4.69) is 62.4 Å². The highest BCUT2D eigenvalue weighted by Gasteiger charge is 2.06. The van der Waals surface area contributed by atoms with Crippen LogP contribution in [-0.2, 0) is 6.54 Å². The fraction of sp³-hybridized carbons (Fsp3) is 0.471. The first-order chi connectivity index (χ1) is 9.61. The number of aryl methyl sites for hydroxylation is 1. The van der Waals surface area contributed by atoms with Crippen molar-refractivity contribution in [1.82, 2.24) is 15.1 Å². The molecule has 3 nitrogen and oxygen atoms in total. The molecule has 1 aromatic carbocycles. The van der Waals surface area contributed by atoms with Crippen molar-refractivity contribution in [3.63, 3.8) is 0 Å². The first kappa shape index (κ1) is 14.8. The zero-order valence-corrected chi connectivity index (χ0v) is 13.0. The van der Waals surface area contributed by atoms with E-state index in [0.717, 1.165) is 24.5 Å². The highest BCUT2D eigenvalue weighted by molar-refractivity contribution is 5.39. The highest BCUT2D eigenvalue weighted by Crippen LogP contribution is 2.17. The van der Waals surface area contributed by atoms with E-state index < -0.39 is 0 Å². The summed E-state index contributed by atoms with van der Waals surface area (Å²) in [6, 6.07) is 8.65. The third kappa shape index (κ3) is 3.48. The van der Waals surface area contributed by atoms with Gasteiger partial charge in [0, 0.05) is 12.7 Å². The van der Waals surface area contributed by atoms with Crippen LogP contribution in [0.2, 0.25) is 0 Å². The second kappa shape index (κ2) is 6.71. The number of rotatable bonds is 6. The van der Waals surface area contributed by atoms with E-state index >= 15 is 0 Å². The van der Waals surface area contributed by atoms with Crippen LogP contribution in [0.5, 0.6) is 0 Å². The Labute approximate surface area is 122 Å². The van der Waals surface area contributed by atoms with Gasteiger partial charge in [0.05, 0.1) is 11.4 Å². The van der Waals surface area contributed by atoms with Crippen molar-refractivity contribution in [3.05, 3.63) is 47.3 Å². The van der Waals surface area contributed by atoms with Gasteiger partial charge in [-0.1, -0.05) is 26.8 Å². The van der Waals surface area contributed by atoms with Crippen LogP contribution < -0.4 is 5.32 Å². The average molecular weight is 271 g/mol. The Morgan fingerprint density at radius 1 is 1.25 bits per heavy atom. The molecule has 0 unspecified atom stereocenters. The van der Waals surface area contributed by atoms with Gasteiger partial charge in [0.15, 0.2) is 0 Å². The number of hydrogen-bond acceptors (Lipinski definition) is 2. The van der Waals surface area contributed by atoms with Gasteiger partial charge in [0.1, 0.15) is 0 Å². The monoisotopic (exact) mass is 271 g/mol. The average Bonchev–Trinajstić information content (AvgIpc) is 2.90. The van der Waals surface area contributed by atoms with E-state index in [9.17, 15) is 0 Å². The maximum absolute atomic E-state index is 4.63. The SMILES string of the molecule is CCCNCc1ccc(-n2ccc(C(C)C)n2)cc1C. The zero-order valence-electron chi connectivity index (χ0n) is 13.0. The predicted molar refractivity (Wildman–Crippen MR) is 84.4 cm³/mol. The van der Waals surface area contributed by atoms with Crippen LogP contribution in [0.4, 0.5) is 0 Å². The van der Waals surface area contributed by atoms with Gasteiger partial charge in [-0.2, -0.15) is 5.10 Å². The minimum atomic E-state index is 0.467. The van der Waals surface area contributed by atoms with Crippen molar-refractivity contribution in [2.45, 2.75) is 46.6 Å². The summed E-state index contributed by atoms with van der Waals surface area (Å²) in [6.07, 6.45) is 3.21. The smallest absolute Gasteiger partial charge is 0.0654 e. The van der Waals surface area contributed by atoms with E-state index in [-0.39, 0.29) is 0 Å². The summed E-state index contributed by atoms with van der Waals surface area (Å²) in [5.41, 5.74) is 4.94. The molecule has 0 aliphatic carbocycles. The van der Waals surface area contributed by atoms with Crippen LogP contribution in [0.1, 0.15) is 49.9 Å². The van der Waals surface area contributed by atoms with Crippen molar-refractivity contribution < 1.29 is 0 Å². The fourth-order valence-electron chi connectivity index (χ4n) is 2.21. The Bertz CT molecular complexity index is 555. The lowest BCUT2D eigenvalue weighted by atomic mass is 10.1. The quantitative estimate of drug-likeness (QED) is 0.810. The Morgan fingerprint density at radius 3 is 2.65 bits per heavy atom. The molecule has 1 aromatic heterocycles. The summed E-state index contributed by atoms with van der Waals surface area (Å²) < 4.78 is 1.96. The van der Waals surface area contributed by atoms with Gasteiger partial charge in [-0.05, 0) is 55.1 Å². The lowest BCUT2D eigenvalue weighted by molar-refractivity contribution is 0.673. The summed E-state index contributed by atoms with van der Waals surface area (Å²) in [4.78, 5) is 0. The molecule has 3 heteroatoms. The third-order valence-electron chi connectivity index (χ3n) is 3.53. The molecule has 0 spiro atoms.